The number of nitro benzene ring substituents is 2. The van der Waals surface area contributed by atoms with Gasteiger partial charge in [-0.2, -0.15) is 5.10 Å². The Balaban J connectivity index is 1.88. The predicted octanol–water partition coefficient (Wildman–Crippen LogP) is 3.76. The summed E-state index contributed by atoms with van der Waals surface area (Å²) in [5.41, 5.74) is 1.91. The molecular weight excluding hydrogens is 454 g/mol. The van der Waals surface area contributed by atoms with Crippen LogP contribution in [0.15, 0.2) is 76.7 Å². The van der Waals surface area contributed by atoms with Gasteiger partial charge in [0.2, 0.25) is 0 Å². The highest BCUT2D eigenvalue weighted by molar-refractivity contribution is 7.92. The Kier molecular flexibility index (Phi) is 6.83. The average Bonchev–Trinajstić information content (AvgIpc) is 2.79. The molecule has 3 aromatic rings. The van der Waals surface area contributed by atoms with Crippen LogP contribution in [0.1, 0.15) is 5.56 Å². The van der Waals surface area contributed by atoms with Crippen molar-refractivity contribution in [2.24, 2.45) is 5.10 Å². The zero-order chi connectivity index (χ0) is 24.0. The molecule has 3 aromatic carbocycles. The van der Waals surface area contributed by atoms with E-state index in [2.05, 4.69) is 15.2 Å². The molecule has 0 aliphatic carbocycles. The molecule has 0 aliphatic heterocycles. The molecule has 170 valence electrons. The van der Waals surface area contributed by atoms with Crippen LogP contribution in [-0.4, -0.2) is 31.6 Å². The van der Waals surface area contributed by atoms with Crippen molar-refractivity contribution in [1.29, 1.82) is 0 Å². The molecule has 0 saturated heterocycles. The van der Waals surface area contributed by atoms with E-state index in [1.165, 1.54) is 37.4 Å². The number of anilines is 2. The molecule has 0 unspecified atom stereocenters. The van der Waals surface area contributed by atoms with Gasteiger partial charge in [-0.1, -0.05) is 24.3 Å². The zero-order valence-electron chi connectivity index (χ0n) is 17.0. The van der Waals surface area contributed by atoms with Gasteiger partial charge in [-0.15, -0.1) is 0 Å². The van der Waals surface area contributed by atoms with Crippen molar-refractivity contribution in [3.05, 3.63) is 92.5 Å². The van der Waals surface area contributed by atoms with Crippen molar-refractivity contribution in [3.8, 4) is 5.75 Å². The number of benzene rings is 3. The third-order valence-electron chi connectivity index (χ3n) is 4.35. The number of ether oxygens (including phenoxy) is 1. The standard InChI is InChI=1S/C20H17N5O7S/c1-32-20-9-5-3-7-17(20)23-33(30,31)15-10-11-16(19(12-15)25(28)29)22-21-13-14-6-2-4-8-18(14)24(26)27/h2-13,22-23H,1H3/b21-13+. The van der Waals surface area contributed by atoms with Gasteiger partial charge >= 0.3 is 0 Å². The predicted molar refractivity (Wildman–Crippen MR) is 121 cm³/mol. The third-order valence-corrected chi connectivity index (χ3v) is 5.71. The molecule has 0 fully saturated rings. The number of sulfonamides is 1. The fourth-order valence-electron chi connectivity index (χ4n) is 2.79. The first kappa shape index (κ1) is 23.1. The molecule has 0 amide bonds. The van der Waals surface area contributed by atoms with Crippen LogP contribution in [0.4, 0.5) is 22.7 Å². The summed E-state index contributed by atoms with van der Waals surface area (Å²) in [6.45, 7) is 0. The van der Waals surface area contributed by atoms with Gasteiger partial charge in [-0.3, -0.25) is 30.4 Å². The molecule has 13 heteroatoms. The molecular formula is C20H17N5O7S. The minimum absolute atomic E-state index is 0.105. The first-order valence-electron chi connectivity index (χ1n) is 9.19. The van der Waals surface area contributed by atoms with E-state index in [1.807, 2.05) is 0 Å². The van der Waals surface area contributed by atoms with Crippen LogP contribution in [0.2, 0.25) is 0 Å². The Morgan fingerprint density at radius 3 is 2.27 bits per heavy atom. The van der Waals surface area contributed by atoms with Crippen LogP contribution in [0.25, 0.3) is 0 Å². The van der Waals surface area contributed by atoms with E-state index in [9.17, 15) is 28.6 Å². The fourth-order valence-corrected chi connectivity index (χ4v) is 3.88. The maximum absolute atomic E-state index is 12.8. The normalized spacial score (nSPS) is 11.2. The van der Waals surface area contributed by atoms with Gasteiger partial charge in [0.05, 0.1) is 39.3 Å². The van der Waals surface area contributed by atoms with Crippen molar-refractivity contribution < 1.29 is 23.0 Å². The highest BCUT2D eigenvalue weighted by atomic mass is 32.2. The topological polar surface area (TPSA) is 166 Å². The van der Waals surface area contributed by atoms with Crippen molar-refractivity contribution in [3.63, 3.8) is 0 Å². The Morgan fingerprint density at radius 1 is 0.909 bits per heavy atom. The zero-order valence-corrected chi connectivity index (χ0v) is 17.9. The van der Waals surface area contributed by atoms with E-state index in [0.29, 0.717) is 0 Å². The summed E-state index contributed by atoms with van der Waals surface area (Å²) in [5, 5.41) is 26.4. The second-order valence-electron chi connectivity index (χ2n) is 6.43. The van der Waals surface area contributed by atoms with E-state index >= 15 is 0 Å². The summed E-state index contributed by atoms with van der Waals surface area (Å²) < 4.78 is 32.9. The van der Waals surface area contributed by atoms with Gasteiger partial charge in [-0.05, 0) is 30.3 Å². The molecule has 0 aromatic heterocycles. The number of rotatable bonds is 9. The summed E-state index contributed by atoms with van der Waals surface area (Å²) >= 11 is 0. The van der Waals surface area contributed by atoms with Gasteiger partial charge in [-0.25, -0.2) is 8.42 Å². The maximum atomic E-state index is 12.8. The lowest BCUT2D eigenvalue weighted by molar-refractivity contribution is -0.385. The molecule has 0 heterocycles. The van der Waals surface area contributed by atoms with E-state index in [0.717, 1.165) is 18.3 Å². The van der Waals surface area contributed by atoms with E-state index in [-0.39, 0.29) is 33.3 Å². The largest absolute Gasteiger partial charge is 0.495 e. The molecule has 2 N–H and O–H groups in total. The first-order chi connectivity index (χ1) is 15.7. The summed E-state index contributed by atoms with van der Waals surface area (Å²) in [7, 11) is -2.79. The SMILES string of the molecule is COc1ccccc1NS(=O)(=O)c1ccc(N/N=C/c2ccccc2[N+](=O)[O-])c([N+](=O)[O-])c1. The molecule has 12 nitrogen and oxygen atoms in total. The molecule has 0 bridgehead atoms. The summed E-state index contributed by atoms with van der Waals surface area (Å²) in [5.74, 6) is 0.276. The highest BCUT2D eigenvalue weighted by Gasteiger charge is 2.22. The molecule has 33 heavy (non-hydrogen) atoms. The van der Waals surface area contributed by atoms with Crippen molar-refractivity contribution >= 4 is 39.0 Å². The minimum atomic E-state index is -4.17. The maximum Gasteiger partial charge on any atom is 0.295 e. The molecule has 0 radical (unpaired) electrons. The van der Waals surface area contributed by atoms with Crippen LogP contribution in [0.3, 0.4) is 0 Å². The number of nitro groups is 2. The fraction of sp³-hybridized carbons (Fsp3) is 0.0500. The third kappa shape index (κ3) is 5.40. The van der Waals surface area contributed by atoms with Gasteiger partial charge in [0.25, 0.3) is 21.4 Å². The second-order valence-corrected chi connectivity index (χ2v) is 8.11. The summed E-state index contributed by atoms with van der Waals surface area (Å²) in [4.78, 5) is 20.9. The van der Waals surface area contributed by atoms with E-state index in [1.54, 1.807) is 24.3 Å². The van der Waals surface area contributed by atoms with Gasteiger partial charge in [0, 0.05) is 12.1 Å². The number of hydrogen-bond donors (Lipinski definition) is 2. The smallest absolute Gasteiger partial charge is 0.295 e. The Bertz CT molecular complexity index is 1340. The number of hydrogen-bond acceptors (Lipinski definition) is 9. The van der Waals surface area contributed by atoms with Gasteiger partial charge < -0.3 is 4.74 Å². The van der Waals surface area contributed by atoms with Gasteiger partial charge in [0.1, 0.15) is 11.4 Å². The molecule has 0 spiro atoms. The van der Waals surface area contributed by atoms with Gasteiger partial charge in [0.15, 0.2) is 0 Å². The van der Waals surface area contributed by atoms with Crippen molar-refractivity contribution in [2.75, 3.05) is 17.3 Å². The van der Waals surface area contributed by atoms with E-state index < -0.39 is 25.6 Å². The second kappa shape index (κ2) is 9.74. The molecule has 0 atom stereocenters. The summed E-state index contributed by atoms with van der Waals surface area (Å²) in [6.07, 6.45) is 1.13. The number of hydrazone groups is 1. The number of nitrogens with zero attached hydrogens (tertiary/aromatic N) is 3. The quantitative estimate of drug-likeness (QED) is 0.270. The highest BCUT2D eigenvalue weighted by Crippen LogP contribution is 2.30. The number of nitrogens with one attached hydrogen (secondary N) is 2. The van der Waals surface area contributed by atoms with Crippen LogP contribution in [-0.2, 0) is 10.0 Å². The lowest BCUT2D eigenvalue weighted by Crippen LogP contribution is -2.14. The Morgan fingerprint density at radius 2 is 1.58 bits per heavy atom. The molecule has 0 aliphatic rings. The van der Waals surface area contributed by atoms with Crippen molar-refractivity contribution in [1.82, 2.24) is 0 Å². The summed E-state index contributed by atoms with van der Waals surface area (Å²) in [6, 6.07) is 15.3. The molecule has 0 saturated carbocycles. The first-order valence-corrected chi connectivity index (χ1v) is 10.7. The van der Waals surface area contributed by atoms with Crippen LogP contribution in [0, 0.1) is 20.2 Å². The lowest BCUT2D eigenvalue weighted by Gasteiger charge is -2.12. The Labute approximate surface area is 187 Å². The molecule has 3 rings (SSSR count). The minimum Gasteiger partial charge on any atom is -0.495 e. The van der Waals surface area contributed by atoms with Crippen LogP contribution in [0.5, 0.6) is 5.75 Å². The average molecular weight is 471 g/mol. The number of para-hydroxylation sites is 3. The van der Waals surface area contributed by atoms with Crippen LogP contribution >= 0.6 is 0 Å². The van der Waals surface area contributed by atoms with E-state index in [4.69, 9.17) is 4.74 Å². The van der Waals surface area contributed by atoms with Crippen molar-refractivity contribution in [2.45, 2.75) is 4.90 Å². The lowest BCUT2D eigenvalue weighted by atomic mass is 10.2. The van der Waals surface area contributed by atoms with Crippen LogP contribution < -0.4 is 14.9 Å². The Hall–Kier alpha value is -4.52. The number of methoxy groups -OCH3 is 1. The monoisotopic (exact) mass is 471 g/mol.